The smallest absolute Gasteiger partial charge is 0.414 e. The Balaban J connectivity index is 1.61. The van der Waals surface area contributed by atoms with Gasteiger partial charge >= 0.3 is 6.09 Å². The van der Waals surface area contributed by atoms with Crippen molar-refractivity contribution >= 4 is 17.0 Å². The van der Waals surface area contributed by atoms with Crippen LogP contribution in [-0.4, -0.2) is 46.8 Å². The number of fused-ring (bicyclic) bond motifs is 1. The molecule has 0 radical (unpaired) electrons. The van der Waals surface area contributed by atoms with Crippen molar-refractivity contribution in [3.05, 3.63) is 24.3 Å². The van der Waals surface area contributed by atoms with Gasteiger partial charge in [-0.1, -0.05) is 0 Å². The lowest BCUT2D eigenvalue weighted by molar-refractivity contribution is 0.0844. The zero-order chi connectivity index (χ0) is 19.6. The highest BCUT2D eigenvalue weighted by molar-refractivity contribution is 5.84. The number of aromatic nitrogens is 1. The molecule has 1 aliphatic rings. The summed E-state index contributed by atoms with van der Waals surface area (Å²) >= 11 is 0. The molecule has 6 nitrogen and oxygen atoms in total. The number of nitrogens with one attached hydrogen (secondary N) is 2. The van der Waals surface area contributed by atoms with Crippen LogP contribution in [0.25, 0.3) is 10.9 Å². The number of rotatable bonds is 4. The van der Waals surface area contributed by atoms with Crippen LogP contribution in [0.4, 0.5) is 4.79 Å². The molecule has 1 aliphatic heterocycles. The molecule has 0 spiro atoms. The monoisotopic (exact) mass is 373 g/mol. The Bertz CT molecular complexity index is 784. The summed E-state index contributed by atoms with van der Waals surface area (Å²) in [6.07, 6.45) is 1.88. The van der Waals surface area contributed by atoms with Gasteiger partial charge in [0.2, 0.25) is 5.88 Å². The molecule has 1 fully saturated rings. The molecular weight excluding hydrogens is 342 g/mol. The maximum absolute atomic E-state index is 11.9. The standard InChI is InChI=1S/C21H31N3O3/c1-14(2)24-10-8-16(9-11-24)26-17-6-7-18-15(12-17)13-19(22-18)27-20(25)23-21(3,4)5/h6-7,12-14,16,22H,8-11H2,1-5H3,(H,23,25). The summed E-state index contributed by atoms with van der Waals surface area (Å²) in [5.74, 6) is 1.28. The Hall–Kier alpha value is -2.21. The molecule has 2 heterocycles. The topological polar surface area (TPSA) is 66.6 Å². The number of carbonyl (C=O) groups excluding carboxylic acids is 1. The maximum Gasteiger partial charge on any atom is 0.414 e. The summed E-state index contributed by atoms with van der Waals surface area (Å²) in [5.41, 5.74) is 0.574. The van der Waals surface area contributed by atoms with Gasteiger partial charge in [-0.05, 0) is 65.7 Å². The minimum atomic E-state index is -0.470. The molecule has 2 aromatic rings. The highest BCUT2D eigenvalue weighted by atomic mass is 16.6. The van der Waals surface area contributed by atoms with Crippen molar-refractivity contribution in [3.63, 3.8) is 0 Å². The van der Waals surface area contributed by atoms with Gasteiger partial charge in [-0.25, -0.2) is 4.79 Å². The van der Waals surface area contributed by atoms with E-state index in [-0.39, 0.29) is 11.6 Å². The lowest BCUT2D eigenvalue weighted by atomic mass is 10.1. The molecule has 1 aromatic heterocycles. The Morgan fingerprint density at radius 1 is 1.22 bits per heavy atom. The fourth-order valence-electron chi connectivity index (χ4n) is 3.35. The number of ether oxygens (including phenoxy) is 2. The second-order valence-electron chi connectivity index (χ2n) is 8.59. The second-order valence-corrected chi connectivity index (χ2v) is 8.59. The summed E-state index contributed by atoms with van der Waals surface area (Å²) in [5, 5.41) is 3.74. The lowest BCUT2D eigenvalue weighted by Gasteiger charge is -2.34. The fraction of sp³-hybridized carbons (Fsp3) is 0.571. The Kier molecular flexibility index (Phi) is 5.65. The third kappa shape index (κ3) is 5.39. The Morgan fingerprint density at radius 2 is 1.93 bits per heavy atom. The van der Waals surface area contributed by atoms with Crippen molar-refractivity contribution < 1.29 is 14.3 Å². The van der Waals surface area contributed by atoms with Crippen LogP contribution in [0.2, 0.25) is 0 Å². The minimum absolute atomic E-state index is 0.254. The average molecular weight is 373 g/mol. The minimum Gasteiger partial charge on any atom is -0.490 e. The highest BCUT2D eigenvalue weighted by Crippen LogP contribution is 2.27. The van der Waals surface area contributed by atoms with Gasteiger partial charge in [0.05, 0.1) is 0 Å². The van der Waals surface area contributed by atoms with Gasteiger partial charge in [0.15, 0.2) is 0 Å². The largest absolute Gasteiger partial charge is 0.490 e. The number of nitrogens with zero attached hydrogens (tertiary/aromatic N) is 1. The number of aromatic amines is 1. The Morgan fingerprint density at radius 3 is 2.56 bits per heavy atom. The quantitative estimate of drug-likeness (QED) is 0.838. The first-order valence-corrected chi connectivity index (χ1v) is 9.73. The van der Waals surface area contributed by atoms with Crippen molar-refractivity contribution in [2.24, 2.45) is 0 Å². The number of hydrogen-bond donors (Lipinski definition) is 2. The van der Waals surface area contributed by atoms with Gasteiger partial charge in [0.25, 0.3) is 0 Å². The van der Waals surface area contributed by atoms with Gasteiger partial charge in [-0.3, -0.25) is 0 Å². The van der Waals surface area contributed by atoms with Crippen LogP contribution in [0, 0.1) is 0 Å². The van der Waals surface area contributed by atoms with E-state index in [1.165, 1.54) is 0 Å². The number of likely N-dealkylation sites (tertiary alicyclic amines) is 1. The third-order valence-electron chi connectivity index (χ3n) is 4.76. The van der Waals surface area contributed by atoms with Gasteiger partial charge in [0.1, 0.15) is 11.9 Å². The molecule has 2 N–H and O–H groups in total. The zero-order valence-electron chi connectivity index (χ0n) is 17.0. The van der Waals surface area contributed by atoms with Crippen LogP contribution in [0.3, 0.4) is 0 Å². The number of benzene rings is 1. The molecule has 1 amide bonds. The summed E-state index contributed by atoms with van der Waals surface area (Å²) in [7, 11) is 0. The normalized spacial score (nSPS) is 16.7. The average Bonchev–Trinajstić information content (AvgIpc) is 2.94. The van der Waals surface area contributed by atoms with Gasteiger partial charge < -0.3 is 24.7 Å². The van der Waals surface area contributed by atoms with Gasteiger partial charge in [0, 0.05) is 41.6 Å². The van der Waals surface area contributed by atoms with E-state index in [0.29, 0.717) is 11.9 Å². The first kappa shape index (κ1) is 19.5. The van der Waals surface area contributed by atoms with E-state index >= 15 is 0 Å². The van der Waals surface area contributed by atoms with Crippen LogP contribution in [-0.2, 0) is 0 Å². The first-order chi connectivity index (χ1) is 12.7. The van der Waals surface area contributed by atoms with E-state index in [0.717, 1.165) is 42.6 Å². The van der Waals surface area contributed by atoms with E-state index in [2.05, 4.69) is 29.0 Å². The molecule has 148 valence electrons. The molecule has 0 aliphatic carbocycles. The molecule has 0 bridgehead atoms. The summed E-state index contributed by atoms with van der Waals surface area (Å²) < 4.78 is 11.5. The molecule has 0 unspecified atom stereocenters. The predicted molar refractivity (Wildman–Crippen MR) is 108 cm³/mol. The second kappa shape index (κ2) is 7.80. The van der Waals surface area contributed by atoms with Crippen molar-refractivity contribution in [2.75, 3.05) is 13.1 Å². The first-order valence-electron chi connectivity index (χ1n) is 9.73. The molecule has 1 saturated heterocycles. The highest BCUT2D eigenvalue weighted by Gasteiger charge is 2.22. The molecule has 0 saturated carbocycles. The number of carbonyl (C=O) groups is 1. The SMILES string of the molecule is CC(C)N1CCC(Oc2ccc3[nH]c(OC(=O)NC(C)(C)C)cc3c2)CC1. The molecule has 3 rings (SSSR count). The molecule has 27 heavy (non-hydrogen) atoms. The van der Waals surface area contributed by atoms with Crippen molar-refractivity contribution in [2.45, 2.75) is 65.1 Å². The van der Waals surface area contributed by atoms with Gasteiger partial charge in [-0.15, -0.1) is 0 Å². The van der Waals surface area contributed by atoms with Crippen LogP contribution in [0.15, 0.2) is 24.3 Å². The van der Waals surface area contributed by atoms with Crippen molar-refractivity contribution in [3.8, 4) is 11.6 Å². The van der Waals surface area contributed by atoms with E-state index in [9.17, 15) is 4.79 Å². The van der Waals surface area contributed by atoms with Crippen molar-refractivity contribution in [1.82, 2.24) is 15.2 Å². The van der Waals surface area contributed by atoms with Crippen LogP contribution in [0.1, 0.15) is 47.5 Å². The van der Waals surface area contributed by atoms with E-state index in [4.69, 9.17) is 9.47 Å². The maximum atomic E-state index is 11.9. The predicted octanol–water partition coefficient (Wildman–Crippen LogP) is 4.31. The molecular formula is C21H31N3O3. The number of hydrogen-bond acceptors (Lipinski definition) is 4. The third-order valence-corrected chi connectivity index (χ3v) is 4.76. The summed E-state index contributed by atoms with van der Waals surface area (Å²) in [6, 6.07) is 8.34. The fourth-order valence-corrected chi connectivity index (χ4v) is 3.35. The summed E-state index contributed by atoms with van der Waals surface area (Å²) in [4.78, 5) is 17.5. The lowest BCUT2D eigenvalue weighted by Crippen LogP contribution is -2.42. The van der Waals surface area contributed by atoms with Crippen LogP contribution >= 0.6 is 0 Å². The van der Waals surface area contributed by atoms with Gasteiger partial charge in [-0.2, -0.15) is 0 Å². The van der Waals surface area contributed by atoms with Crippen LogP contribution in [0.5, 0.6) is 11.6 Å². The number of amides is 1. The zero-order valence-corrected chi connectivity index (χ0v) is 17.0. The molecule has 0 atom stereocenters. The van der Waals surface area contributed by atoms with E-state index < -0.39 is 6.09 Å². The number of piperidine rings is 1. The summed E-state index contributed by atoms with van der Waals surface area (Å²) in [6.45, 7) is 12.4. The van der Waals surface area contributed by atoms with E-state index in [1.54, 1.807) is 0 Å². The molecule has 1 aromatic carbocycles. The van der Waals surface area contributed by atoms with E-state index in [1.807, 2.05) is 45.0 Å². The van der Waals surface area contributed by atoms with Crippen molar-refractivity contribution in [1.29, 1.82) is 0 Å². The number of H-pyrrole nitrogens is 1. The molecule has 6 heteroatoms. The Labute approximate surface area is 161 Å². The van der Waals surface area contributed by atoms with Crippen LogP contribution < -0.4 is 14.8 Å².